The molecule has 1 saturated carbocycles. The van der Waals surface area contributed by atoms with Crippen molar-refractivity contribution in [2.75, 3.05) is 10.8 Å². The van der Waals surface area contributed by atoms with Crippen LogP contribution in [0.5, 0.6) is 0 Å². The van der Waals surface area contributed by atoms with E-state index in [1.54, 1.807) is 53.4 Å². The average molecular weight is 703 g/mol. The van der Waals surface area contributed by atoms with Crippen LogP contribution in [-0.4, -0.2) is 43.8 Å². The third-order valence-electron chi connectivity index (χ3n) is 8.42. The number of sulfonamides is 1. The monoisotopic (exact) mass is 701 g/mol. The normalized spacial score (nSPS) is 14.3. The van der Waals surface area contributed by atoms with Crippen LogP contribution in [0.1, 0.15) is 48.8 Å². The number of benzene rings is 4. The van der Waals surface area contributed by atoms with Crippen LogP contribution in [-0.2, 0) is 32.6 Å². The number of carbonyl (C=O) groups excluding carboxylic acids is 2. The number of nitrogens with zero attached hydrogens (tertiary/aromatic N) is 2. The van der Waals surface area contributed by atoms with E-state index in [0.29, 0.717) is 12.1 Å². The van der Waals surface area contributed by atoms with Crippen molar-refractivity contribution in [3.63, 3.8) is 0 Å². The van der Waals surface area contributed by atoms with Crippen LogP contribution >= 0.6 is 15.9 Å². The first-order valence-electron chi connectivity index (χ1n) is 15.7. The molecule has 0 spiro atoms. The van der Waals surface area contributed by atoms with Crippen molar-refractivity contribution >= 4 is 43.5 Å². The van der Waals surface area contributed by atoms with Crippen molar-refractivity contribution in [2.24, 2.45) is 0 Å². The molecule has 4 aromatic rings. The summed E-state index contributed by atoms with van der Waals surface area (Å²) >= 11 is 3.43. The number of carbonyl (C=O) groups is 2. The molecular formula is C37H40BrN3O4S. The second kappa shape index (κ2) is 15.6. The van der Waals surface area contributed by atoms with E-state index in [-0.39, 0.29) is 23.4 Å². The number of nitrogens with one attached hydrogen (secondary N) is 1. The fourth-order valence-corrected chi connectivity index (χ4v) is 7.53. The maximum Gasteiger partial charge on any atom is 0.264 e. The molecule has 0 aromatic heterocycles. The van der Waals surface area contributed by atoms with E-state index < -0.39 is 28.5 Å². The van der Waals surface area contributed by atoms with E-state index in [0.717, 1.165) is 57.6 Å². The molecule has 46 heavy (non-hydrogen) atoms. The van der Waals surface area contributed by atoms with Gasteiger partial charge in [-0.3, -0.25) is 13.9 Å². The van der Waals surface area contributed by atoms with Crippen LogP contribution in [0.3, 0.4) is 0 Å². The van der Waals surface area contributed by atoms with E-state index in [1.165, 1.54) is 0 Å². The summed E-state index contributed by atoms with van der Waals surface area (Å²) in [6, 6.07) is 31.7. The highest BCUT2D eigenvalue weighted by Gasteiger charge is 2.35. The second-order valence-electron chi connectivity index (χ2n) is 11.9. The van der Waals surface area contributed by atoms with Gasteiger partial charge in [0.05, 0.1) is 10.6 Å². The predicted octanol–water partition coefficient (Wildman–Crippen LogP) is 7.04. The maximum atomic E-state index is 14.6. The van der Waals surface area contributed by atoms with Gasteiger partial charge in [0.25, 0.3) is 10.0 Å². The molecule has 0 unspecified atom stereocenters. The van der Waals surface area contributed by atoms with Gasteiger partial charge in [-0.15, -0.1) is 0 Å². The molecule has 1 aliphatic rings. The summed E-state index contributed by atoms with van der Waals surface area (Å²) in [7, 11) is -4.14. The Balaban J connectivity index is 1.54. The predicted molar refractivity (Wildman–Crippen MR) is 186 cm³/mol. The van der Waals surface area contributed by atoms with Crippen molar-refractivity contribution in [3.8, 4) is 0 Å². The molecular weight excluding hydrogens is 662 g/mol. The highest BCUT2D eigenvalue weighted by atomic mass is 79.9. The van der Waals surface area contributed by atoms with Gasteiger partial charge in [0, 0.05) is 23.5 Å². The van der Waals surface area contributed by atoms with Crippen molar-refractivity contribution in [2.45, 2.75) is 69.0 Å². The Morgan fingerprint density at radius 3 is 2.00 bits per heavy atom. The molecule has 1 atom stereocenters. The van der Waals surface area contributed by atoms with Gasteiger partial charge >= 0.3 is 0 Å². The lowest BCUT2D eigenvalue weighted by molar-refractivity contribution is -0.140. The molecule has 0 heterocycles. The van der Waals surface area contributed by atoms with Gasteiger partial charge in [-0.1, -0.05) is 114 Å². The van der Waals surface area contributed by atoms with Crippen LogP contribution < -0.4 is 9.62 Å². The first-order valence-corrected chi connectivity index (χ1v) is 18.0. The van der Waals surface area contributed by atoms with Crippen LogP contribution in [0.15, 0.2) is 119 Å². The second-order valence-corrected chi connectivity index (χ2v) is 14.6. The molecule has 1 N–H and O–H groups in total. The molecule has 0 saturated heterocycles. The number of hydrogen-bond acceptors (Lipinski definition) is 4. The van der Waals surface area contributed by atoms with Crippen LogP contribution in [0.4, 0.5) is 5.69 Å². The Hall–Kier alpha value is -3.95. The third-order valence-corrected chi connectivity index (χ3v) is 10.7. The average Bonchev–Trinajstić information content (AvgIpc) is 3.07. The third kappa shape index (κ3) is 8.65. The number of anilines is 1. The maximum absolute atomic E-state index is 14.6. The summed E-state index contributed by atoms with van der Waals surface area (Å²) in [5.74, 6) is -0.696. The summed E-state index contributed by atoms with van der Waals surface area (Å²) in [5.41, 5.74) is 3.03. The zero-order valence-electron chi connectivity index (χ0n) is 26.0. The van der Waals surface area contributed by atoms with E-state index in [1.807, 2.05) is 67.6 Å². The summed E-state index contributed by atoms with van der Waals surface area (Å²) in [4.78, 5) is 30.4. The molecule has 1 aliphatic carbocycles. The highest BCUT2D eigenvalue weighted by molar-refractivity contribution is 9.10. The molecule has 0 aliphatic heterocycles. The molecule has 0 bridgehead atoms. The molecule has 4 aromatic carbocycles. The minimum atomic E-state index is -4.14. The Morgan fingerprint density at radius 1 is 0.804 bits per heavy atom. The Labute approximate surface area is 280 Å². The minimum absolute atomic E-state index is 0.0504. The number of hydrogen-bond donors (Lipinski definition) is 1. The van der Waals surface area contributed by atoms with E-state index in [4.69, 9.17) is 0 Å². The van der Waals surface area contributed by atoms with Gasteiger partial charge in [-0.2, -0.15) is 0 Å². The van der Waals surface area contributed by atoms with Crippen LogP contribution in [0, 0.1) is 6.92 Å². The largest absolute Gasteiger partial charge is 0.352 e. The lowest BCUT2D eigenvalue weighted by Gasteiger charge is -2.35. The first-order chi connectivity index (χ1) is 22.2. The van der Waals surface area contributed by atoms with Gasteiger partial charge in [0.15, 0.2) is 0 Å². The van der Waals surface area contributed by atoms with Gasteiger partial charge < -0.3 is 10.2 Å². The van der Waals surface area contributed by atoms with Gasteiger partial charge in [-0.25, -0.2) is 8.42 Å². The highest BCUT2D eigenvalue weighted by Crippen LogP contribution is 2.27. The fourth-order valence-electron chi connectivity index (χ4n) is 5.85. The molecule has 7 nitrogen and oxygen atoms in total. The summed E-state index contributed by atoms with van der Waals surface area (Å²) < 4.78 is 30.3. The zero-order chi connectivity index (χ0) is 32.5. The first kappa shape index (κ1) is 33.4. The lowest BCUT2D eigenvalue weighted by atomic mass is 9.94. The quantitative estimate of drug-likeness (QED) is 0.172. The molecule has 9 heteroatoms. The zero-order valence-corrected chi connectivity index (χ0v) is 28.4. The molecule has 5 rings (SSSR count). The Morgan fingerprint density at radius 2 is 1.39 bits per heavy atom. The van der Waals surface area contributed by atoms with Crippen molar-refractivity contribution < 1.29 is 18.0 Å². The van der Waals surface area contributed by atoms with Crippen LogP contribution in [0.2, 0.25) is 0 Å². The molecule has 240 valence electrons. The van der Waals surface area contributed by atoms with Crippen molar-refractivity contribution in [3.05, 3.63) is 130 Å². The SMILES string of the molecule is Cc1ccc(S(=O)(=O)N(CC(=O)N(Cc2ccccc2)[C@H](Cc2ccccc2)C(=O)NC2CCCCC2)c2ccc(Br)cc2)cc1. The standard InChI is InChI=1S/C37H40BrN3O4S/c1-28-17-23-34(24-18-28)46(44,45)41(33-21-19-31(38)20-22-33)27-36(42)40(26-30-13-7-3-8-14-30)35(25-29-11-5-2-6-12-29)37(43)39-32-15-9-4-10-16-32/h2-3,5-8,11-14,17-24,32,35H,4,9-10,15-16,25-27H2,1H3,(H,39,43)/t35-/m1/s1. The van der Waals surface area contributed by atoms with Gasteiger partial charge in [0.2, 0.25) is 11.8 Å². The van der Waals surface area contributed by atoms with Gasteiger partial charge in [0.1, 0.15) is 12.6 Å². The van der Waals surface area contributed by atoms with Gasteiger partial charge in [-0.05, 0) is 67.3 Å². The fraction of sp³-hybridized carbons (Fsp3) is 0.297. The number of aryl methyl sites for hydroxylation is 1. The van der Waals surface area contributed by atoms with Crippen molar-refractivity contribution in [1.29, 1.82) is 0 Å². The molecule has 1 fully saturated rings. The molecule has 0 radical (unpaired) electrons. The summed E-state index contributed by atoms with van der Waals surface area (Å²) in [6.45, 7) is 1.56. The van der Waals surface area contributed by atoms with Crippen LogP contribution in [0.25, 0.3) is 0 Å². The molecule has 2 amide bonds. The summed E-state index contributed by atoms with van der Waals surface area (Å²) in [5, 5.41) is 3.24. The minimum Gasteiger partial charge on any atom is -0.352 e. The Bertz CT molecular complexity index is 1690. The number of halogens is 1. The summed E-state index contributed by atoms with van der Waals surface area (Å²) in [6.07, 6.45) is 5.37. The van der Waals surface area contributed by atoms with E-state index in [9.17, 15) is 18.0 Å². The Kier molecular flexibility index (Phi) is 11.3. The topological polar surface area (TPSA) is 86.8 Å². The lowest BCUT2D eigenvalue weighted by Crippen LogP contribution is -2.55. The van der Waals surface area contributed by atoms with E-state index >= 15 is 0 Å². The smallest absolute Gasteiger partial charge is 0.264 e. The number of amides is 2. The van der Waals surface area contributed by atoms with Crippen molar-refractivity contribution in [1.82, 2.24) is 10.2 Å². The number of rotatable bonds is 12. The van der Waals surface area contributed by atoms with E-state index in [2.05, 4.69) is 21.2 Å².